The molecule has 3 aromatic rings. The summed E-state index contributed by atoms with van der Waals surface area (Å²) in [6.45, 7) is 1.43. The monoisotopic (exact) mass is 439 g/mol. The molecule has 7 nitrogen and oxygen atoms in total. The lowest BCUT2D eigenvalue weighted by Crippen LogP contribution is -2.32. The van der Waals surface area contributed by atoms with Gasteiger partial charge in [-0.2, -0.15) is 0 Å². The van der Waals surface area contributed by atoms with Gasteiger partial charge in [0.2, 0.25) is 0 Å². The van der Waals surface area contributed by atoms with E-state index >= 15 is 0 Å². The number of aromatic nitrogens is 1. The molecule has 0 atom stereocenters. The molecule has 8 heteroatoms. The number of amides is 2. The van der Waals surface area contributed by atoms with E-state index in [2.05, 4.69) is 10.5 Å². The van der Waals surface area contributed by atoms with E-state index in [-0.39, 0.29) is 24.1 Å². The average Bonchev–Trinajstić information content (AvgIpc) is 3.25. The van der Waals surface area contributed by atoms with E-state index in [9.17, 15) is 9.59 Å². The number of nitrogens with zero attached hydrogens (tertiary/aromatic N) is 2. The van der Waals surface area contributed by atoms with Crippen molar-refractivity contribution in [1.29, 1.82) is 0 Å². The summed E-state index contributed by atoms with van der Waals surface area (Å²) in [6, 6.07) is 13.1. The minimum Gasteiger partial charge on any atom is -0.497 e. The molecule has 0 spiro atoms. The fraction of sp³-hybridized carbons (Fsp3) is 0.348. The molecule has 4 rings (SSSR count). The van der Waals surface area contributed by atoms with Crippen molar-refractivity contribution >= 4 is 23.2 Å². The molecule has 2 amide bonds. The molecule has 162 valence electrons. The third-order valence-electron chi connectivity index (χ3n) is 5.24. The Morgan fingerprint density at radius 2 is 2.06 bits per heavy atom. The molecule has 2 aromatic heterocycles. The second kappa shape index (κ2) is 9.78. The van der Waals surface area contributed by atoms with Crippen LogP contribution in [0, 0.1) is 5.92 Å². The van der Waals surface area contributed by atoms with Crippen LogP contribution in [0.1, 0.15) is 44.3 Å². The van der Waals surface area contributed by atoms with Gasteiger partial charge >= 0.3 is 0 Å². The third kappa shape index (κ3) is 5.73. The quantitative estimate of drug-likeness (QED) is 0.520. The summed E-state index contributed by atoms with van der Waals surface area (Å²) in [7, 11) is 1.63. The van der Waals surface area contributed by atoms with Gasteiger partial charge in [0.15, 0.2) is 11.5 Å². The average molecular weight is 440 g/mol. The van der Waals surface area contributed by atoms with Gasteiger partial charge in [-0.05, 0) is 54.3 Å². The zero-order valence-electron chi connectivity index (χ0n) is 17.4. The fourth-order valence-corrected chi connectivity index (χ4v) is 3.89. The first kappa shape index (κ1) is 21.1. The number of benzene rings is 1. The van der Waals surface area contributed by atoms with Gasteiger partial charge in [0.25, 0.3) is 11.8 Å². The third-order valence-corrected chi connectivity index (χ3v) is 6.09. The Hall–Kier alpha value is -3.13. The Bertz CT molecular complexity index is 1010. The second-order valence-corrected chi connectivity index (χ2v) is 8.58. The van der Waals surface area contributed by atoms with E-state index in [0.29, 0.717) is 36.1 Å². The van der Waals surface area contributed by atoms with Crippen LogP contribution >= 0.6 is 11.3 Å². The largest absolute Gasteiger partial charge is 0.497 e. The Labute approximate surface area is 185 Å². The topological polar surface area (TPSA) is 84.7 Å². The summed E-state index contributed by atoms with van der Waals surface area (Å²) in [6.07, 6.45) is 3.01. The van der Waals surface area contributed by atoms with E-state index in [1.54, 1.807) is 18.1 Å². The zero-order valence-corrected chi connectivity index (χ0v) is 18.2. The molecule has 0 radical (unpaired) electrons. The lowest BCUT2D eigenvalue weighted by atomic mass is 10.1. The summed E-state index contributed by atoms with van der Waals surface area (Å²) in [5.41, 5.74) is 1.34. The van der Waals surface area contributed by atoms with E-state index in [4.69, 9.17) is 9.26 Å². The van der Waals surface area contributed by atoms with E-state index in [0.717, 1.165) is 11.3 Å². The molecular weight excluding hydrogens is 414 g/mol. The van der Waals surface area contributed by atoms with Crippen molar-refractivity contribution in [2.24, 2.45) is 5.92 Å². The van der Waals surface area contributed by atoms with Crippen LogP contribution in [0.4, 0.5) is 0 Å². The van der Waals surface area contributed by atoms with Crippen LogP contribution in [0.5, 0.6) is 5.75 Å². The maximum Gasteiger partial charge on any atom is 0.273 e. The molecule has 1 N–H and O–H groups in total. The molecular formula is C23H25N3O4S. The van der Waals surface area contributed by atoms with Crippen LogP contribution in [-0.2, 0) is 13.0 Å². The summed E-state index contributed by atoms with van der Waals surface area (Å²) < 4.78 is 10.6. The maximum absolute atomic E-state index is 13.0. The molecule has 1 saturated carbocycles. The van der Waals surface area contributed by atoms with Crippen molar-refractivity contribution in [1.82, 2.24) is 15.4 Å². The Kier molecular flexibility index (Phi) is 6.66. The highest BCUT2D eigenvalue weighted by molar-refractivity contribution is 7.12. The van der Waals surface area contributed by atoms with Gasteiger partial charge in [0, 0.05) is 19.2 Å². The molecule has 1 fully saturated rings. The van der Waals surface area contributed by atoms with Crippen LogP contribution in [0.2, 0.25) is 0 Å². The number of hydrogen-bond donors (Lipinski definition) is 1. The van der Waals surface area contributed by atoms with Crippen molar-refractivity contribution in [3.8, 4) is 5.75 Å². The van der Waals surface area contributed by atoms with E-state index < -0.39 is 0 Å². The van der Waals surface area contributed by atoms with Gasteiger partial charge in [0.05, 0.1) is 18.5 Å². The number of carbonyl (C=O) groups excluding carboxylic acids is 2. The van der Waals surface area contributed by atoms with Gasteiger partial charge in [-0.15, -0.1) is 11.3 Å². The molecule has 0 aliphatic heterocycles. The van der Waals surface area contributed by atoms with Crippen LogP contribution < -0.4 is 10.1 Å². The van der Waals surface area contributed by atoms with Gasteiger partial charge in [-0.25, -0.2) is 0 Å². The van der Waals surface area contributed by atoms with Crippen molar-refractivity contribution in [2.75, 3.05) is 20.2 Å². The number of ether oxygens (including phenoxy) is 1. The highest BCUT2D eigenvalue weighted by Gasteiger charge is 2.24. The number of methoxy groups -OCH3 is 1. The van der Waals surface area contributed by atoms with Crippen LogP contribution in [0.3, 0.4) is 0 Å². The molecule has 31 heavy (non-hydrogen) atoms. The van der Waals surface area contributed by atoms with Gasteiger partial charge in [0.1, 0.15) is 5.75 Å². The first-order valence-electron chi connectivity index (χ1n) is 10.3. The SMILES string of the molecule is COc1ccc(CCN(Cc2cc(C(=O)NCC3CC3)no2)C(=O)c2cccs2)cc1. The lowest BCUT2D eigenvalue weighted by molar-refractivity contribution is 0.0734. The summed E-state index contributed by atoms with van der Waals surface area (Å²) in [5.74, 6) is 1.56. The van der Waals surface area contributed by atoms with Gasteiger partial charge in [-0.3, -0.25) is 9.59 Å². The van der Waals surface area contributed by atoms with Crippen LogP contribution in [-0.4, -0.2) is 42.1 Å². The van der Waals surface area contributed by atoms with Gasteiger partial charge in [-0.1, -0.05) is 23.4 Å². The first-order valence-corrected chi connectivity index (χ1v) is 11.2. The molecule has 1 aromatic carbocycles. The van der Waals surface area contributed by atoms with E-state index in [1.807, 2.05) is 41.8 Å². The summed E-state index contributed by atoms with van der Waals surface area (Å²) in [5, 5.41) is 8.65. The smallest absolute Gasteiger partial charge is 0.273 e. The predicted octanol–water partition coefficient (Wildman–Crippen LogP) is 3.77. The highest BCUT2D eigenvalue weighted by atomic mass is 32.1. The normalized spacial score (nSPS) is 13.1. The molecule has 1 aliphatic carbocycles. The number of rotatable bonds is 10. The molecule has 1 aliphatic rings. The molecule has 0 saturated heterocycles. The maximum atomic E-state index is 13.0. The van der Waals surface area contributed by atoms with Crippen molar-refractivity contribution < 1.29 is 18.8 Å². The molecule has 2 heterocycles. The van der Waals surface area contributed by atoms with Crippen LogP contribution in [0.15, 0.2) is 52.4 Å². The number of nitrogens with one attached hydrogen (secondary N) is 1. The van der Waals surface area contributed by atoms with E-state index in [1.165, 1.54) is 24.2 Å². The minimum atomic E-state index is -0.240. The Morgan fingerprint density at radius 3 is 2.74 bits per heavy atom. The lowest BCUT2D eigenvalue weighted by Gasteiger charge is -2.21. The number of thiophene rings is 1. The summed E-state index contributed by atoms with van der Waals surface area (Å²) >= 11 is 1.40. The fourth-order valence-electron chi connectivity index (χ4n) is 3.20. The number of hydrogen-bond acceptors (Lipinski definition) is 6. The van der Waals surface area contributed by atoms with Crippen molar-refractivity contribution in [3.05, 3.63) is 69.7 Å². The molecule has 0 bridgehead atoms. The first-order chi connectivity index (χ1) is 15.1. The minimum absolute atomic E-state index is 0.0698. The van der Waals surface area contributed by atoms with Crippen molar-refractivity contribution in [2.45, 2.75) is 25.8 Å². The number of carbonyl (C=O) groups is 2. The van der Waals surface area contributed by atoms with Gasteiger partial charge < -0.3 is 19.5 Å². The summed E-state index contributed by atoms with van der Waals surface area (Å²) in [4.78, 5) is 27.7. The Balaban J connectivity index is 1.42. The van der Waals surface area contributed by atoms with Crippen molar-refractivity contribution in [3.63, 3.8) is 0 Å². The van der Waals surface area contributed by atoms with Crippen LogP contribution in [0.25, 0.3) is 0 Å². The highest BCUT2D eigenvalue weighted by Crippen LogP contribution is 2.27. The zero-order chi connectivity index (χ0) is 21.6. The second-order valence-electron chi connectivity index (χ2n) is 7.63. The Morgan fingerprint density at radius 1 is 1.26 bits per heavy atom. The predicted molar refractivity (Wildman–Crippen MR) is 117 cm³/mol. The standard InChI is InChI=1S/C23H25N3O4S/c1-29-18-8-6-16(7-9-18)10-11-26(23(28)21-3-2-12-31-21)15-19-13-20(25-30-19)22(27)24-14-17-4-5-17/h2-3,6-9,12-13,17H,4-5,10-11,14-15H2,1H3,(H,24,27). The molecule has 0 unspecified atom stereocenters.